The highest BCUT2D eigenvalue weighted by Gasteiger charge is 2.24. The third-order valence-corrected chi connectivity index (χ3v) is 10.7. The number of benzene rings is 9. The van der Waals surface area contributed by atoms with Crippen LogP contribution >= 0.6 is 0 Å². The number of hydrogen-bond acceptors (Lipinski definition) is 3. The van der Waals surface area contributed by atoms with Crippen LogP contribution < -0.4 is 4.90 Å². The summed E-state index contributed by atoms with van der Waals surface area (Å²) in [6.07, 6.45) is 0. The summed E-state index contributed by atoms with van der Waals surface area (Å²) in [4.78, 5) is 2.40. The molecule has 0 saturated heterocycles. The molecule has 0 amide bonds. The molecule has 3 heteroatoms. The molecule has 0 bridgehead atoms. The van der Waals surface area contributed by atoms with Gasteiger partial charge in [-0.25, -0.2) is 0 Å². The SMILES string of the molecule is c1cc(-c2cccc3ccccc23)cc(N(c2ccccc2-c2cccc3c2oc2ccccc23)c2cccc3oc4c5ccccc5ccc4c23)c1. The molecule has 0 unspecified atom stereocenters. The molecule has 2 heterocycles. The normalized spacial score (nSPS) is 11.8. The Balaban J connectivity index is 1.21. The van der Waals surface area contributed by atoms with Gasteiger partial charge in [0, 0.05) is 38.4 Å². The van der Waals surface area contributed by atoms with Gasteiger partial charge in [0.1, 0.15) is 22.3 Å². The van der Waals surface area contributed by atoms with Gasteiger partial charge in [0.25, 0.3) is 0 Å². The molecule has 0 N–H and O–H groups in total. The summed E-state index contributed by atoms with van der Waals surface area (Å²) in [6, 6.07) is 66.7. The predicted octanol–water partition coefficient (Wildman–Crippen LogP) is 14.6. The first-order chi connectivity index (χ1) is 26.3. The van der Waals surface area contributed by atoms with Gasteiger partial charge in [-0.05, 0) is 69.8 Å². The van der Waals surface area contributed by atoms with Crippen LogP contribution in [0.4, 0.5) is 17.1 Å². The second kappa shape index (κ2) is 11.7. The van der Waals surface area contributed by atoms with Crippen molar-refractivity contribution < 1.29 is 8.83 Å². The maximum absolute atomic E-state index is 6.73. The minimum Gasteiger partial charge on any atom is -0.455 e. The molecule has 0 aliphatic carbocycles. The van der Waals surface area contributed by atoms with Gasteiger partial charge in [0.05, 0.1) is 16.8 Å². The van der Waals surface area contributed by atoms with E-state index in [0.29, 0.717) is 0 Å². The summed E-state index contributed by atoms with van der Waals surface area (Å²) in [6.45, 7) is 0. The molecular formula is C50H31NO2. The highest BCUT2D eigenvalue weighted by Crippen LogP contribution is 2.48. The van der Waals surface area contributed by atoms with Gasteiger partial charge in [-0.2, -0.15) is 0 Å². The first-order valence-electron chi connectivity index (χ1n) is 18.0. The Morgan fingerprint density at radius 2 is 0.943 bits per heavy atom. The number of anilines is 3. The number of hydrogen-bond donors (Lipinski definition) is 0. The fourth-order valence-electron chi connectivity index (χ4n) is 8.27. The first kappa shape index (κ1) is 29.6. The van der Waals surface area contributed by atoms with Gasteiger partial charge in [-0.15, -0.1) is 0 Å². The third kappa shape index (κ3) is 4.61. The van der Waals surface area contributed by atoms with Crippen molar-refractivity contribution >= 4 is 82.5 Å². The fraction of sp³-hybridized carbons (Fsp3) is 0. The second-order valence-electron chi connectivity index (χ2n) is 13.6. The van der Waals surface area contributed by atoms with E-state index in [2.05, 4.69) is 181 Å². The van der Waals surface area contributed by atoms with Crippen molar-refractivity contribution in [2.24, 2.45) is 0 Å². The number of nitrogens with zero attached hydrogens (tertiary/aromatic N) is 1. The number of para-hydroxylation sites is 3. The van der Waals surface area contributed by atoms with Crippen LogP contribution in [-0.2, 0) is 0 Å². The zero-order chi connectivity index (χ0) is 34.9. The molecule has 11 aromatic rings. The summed E-state index contributed by atoms with van der Waals surface area (Å²) < 4.78 is 13.4. The molecule has 0 atom stereocenters. The number of furan rings is 2. The zero-order valence-corrected chi connectivity index (χ0v) is 28.7. The quantitative estimate of drug-likeness (QED) is 0.182. The molecule has 248 valence electrons. The Morgan fingerprint density at radius 3 is 1.87 bits per heavy atom. The lowest BCUT2D eigenvalue weighted by Gasteiger charge is -2.29. The van der Waals surface area contributed by atoms with Crippen molar-refractivity contribution in [3.8, 4) is 22.3 Å². The maximum Gasteiger partial charge on any atom is 0.143 e. The zero-order valence-electron chi connectivity index (χ0n) is 28.7. The average molecular weight is 678 g/mol. The van der Waals surface area contributed by atoms with E-state index in [-0.39, 0.29) is 0 Å². The van der Waals surface area contributed by atoms with E-state index >= 15 is 0 Å². The number of rotatable bonds is 5. The summed E-state index contributed by atoms with van der Waals surface area (Å²) >= 11 is 0. The van der Waals surface area contributed by atoms with E-state index in [4.69, 9.17) is 8.83 Å². The Labute approximate surface area is 305 Å². The molecule has 0 aliphatic rings. The standard InChI is InChI=1S/C50H31NO2/c1-3-18-36-32(13-1)15-10-22-37(36)34-16-9-17-35(31-34)51(45-26-12-28-47-48(45)43-30-29-33-14-2-4-19-38(33)49(43)53-47)44-25-7-5-20-39(44)41-23-11-24-42-40-21-6-8-27-46(40)52-50(41)42/h1-31H. The predicted molar refractivity (Wildman–Crippen MR) is 222 cm³/mol. The van der Waals surface area contributed by atoms with Crippen molar-refractivity contribution in [3.05, 3.63) is 188 Å². The molecule has 9 aromatic carbocycles. The van der Waals surface area contributed by atoms with Crippen LogP contribution in [0.5, 0.6) is 0 Å². The molecule has 2 aromatic heterocycles. The van der Waals surface area contributed by atoms with Crippen molar-refractivity contribution in [2.45, 2.75) is 0 Å². The Hall–Kier alpha value is -7.10. The van der Waals surface area contributed by atoms with E-state index in [0.717, 1.165) is 88.4 Å². The van der Waals surface area contributed by atoms with E-state index in [1.807, 2.05) is 12.1 Å². The van der Waals surface area contributed by atoms with Crippen molar-refractivity contribution in [3.63, 3.8) is 0 Å². The first-order valence-corrected chi connectivity index (χ1v) is 18.0. The minimum absolute atomic E-state index is 0.848. The Bertz CT molecular complexity index is 3200. The van der Waals surface area contributed by atoms with Crippen LogP contribution in [0.25, 0.3) is 87.7 Å². The van der Waals surface area contributed by atoms with Gasteiger partial charge >= 0.3 is 0 Å². The molecule has 0 fully saturated rings. The third-order valence-electron chi connectivity index (χ3n) is 10.7. The second-order valence-corrected chi connectivity index (χ2v) is 13.6. The largest absolute Gasteiger partial charge is 0.455 e. The monoisotopic (exact) mass is 677 g/mol. The molecular weight excluding hydrogens is 647 g/mol. The Kier molecular flexibility index (Phi) is 6.55. The van der Waals surface area contributed by atoms with E-state index in [1.165, 1.54) is 16.3 Å². The molecule has 0 saturated carbocycles. The average Bonchev–Trinajstić information content (AvgIpc) is 3.81. The fourth-order valence-corrected chi connectivity index (χ4v) is 8.27. The van der Waals surface area contributed by atoms with Gasteiger partial charge in [-0.3, -0.25) is 0 Å². The summed E-state index contributed by atoms with van der Waals surface area (Å²) in [7, 11) is 0. The van der Waals surface area contributed by atoms with E-state index in [9.17, 15) is 0 Å². The molecule has 0 radical (unpaired) electrons. The van der Waals surface area contributed by atoms with Crippen LogP contribution in [0, 0.1) is 0 Å². The van der Waals surface area contributed by atoms with Crippen LogP contribution in [0.2, 0.25) is 0 Å². The lowest BCUT2D eigenvalue weighted by atomic mass is 9.96. The minimum atomic E-state index is 0.848. The molecule has 0 aliphatic heterocycles. The van der Waals surface area contributed by atoms with E-state index in [1.54, 1.807) is 0 Å². The van der Waals surface area contributed by atoms with Gasteiger partial charge in [0.2, 0.25) is 0 Å². The van der Waals surface area contributed by atoms with Crippen molar-refractivity contribution in [1.29, 1.82) is 0 Å². The van der Waals surface area contributed by atoms with Crippen LogP contribution in [0.1, 0.15) is 0 Å². The highest BCUT2D eigenvalue weighted by molar-refractivity contribution is 6.20. The number of fused-ring (bicyclic) bond motifs is 9. The van der Waals surface area contributed by atoms with Gasteiger partial charge < -0.3 is 13.7 Å². The van der Waals surface area contributed by atoms with Crippen LogP contribution in [0.3, 0.4) is 0 Å². The van der Waals surface area contributed by atoms with Crippen LogP contribution in [0.15, 0.2) is 197 Å². The highest BCUT2D eigenvalue weighted by atomic mass is 16.3. The summed E-state index contributed by atoms with van der Waals surface area (Å²) in [5, 5.41) is 9.08. The maximum atomic E-state index is 6.73. The molecule has 53 heavy (non-hydrogen) atoms. The molecule has 0 spiro atoms. The van der Waals surface area contributed by atoms with E-state index < -0.39 is 0 Å². The topological polar surface area (TPSA) is 29.5 Å². The van der Waals surface area contributed by atoms with Gasteiger partial charge in [0.15, 0.2) is 0 Å². The van der Waals surface area contributed by atoms with Crippen molar-refractivity contribution in [1.82, 2.24) is 0 Å². The Morgan fingerprint density at radius 1 is 0.340 bits per heavy atom. The lowest BCUT2D eigenvalue weighted by Crippen LogP contribution is -2.11. The molecule has 11 rings (SSSR count). The smallest absolute Gasteiger partial charge is 0.143 e. The summed E-state index contributed by atoms with van der Waals surface area (Å²) in [5.74, 6) is 0. The van der Waals surface area contributed by atoms with Crippen molar-refractivity contribution in [2.75, 3.05) is 4.90 Å². The lowest BCUT2D eigenvalue weighted by molar-refractivity contribution is 0.670. The summed E-state index contributed by atoms with van der Waals surface area (Å²) in [5.41, 5.74) is 11.1. The molecule has 3 nitrogen and oxygen atoms in total. The van der Waals surface area contributed by atoms with Gasteiger partial charge in [-0.1, -0.05) is 146 Å². The van der Waals surface area contributed by atoms with Crippen LogP contribution in [-0.4, -0.2) is 0 Å².